The predicted octanol–water partition coefficient (Wildman–Crippen LogP) is 21.4. The van der Waals surface area contributed by atoms with Gasteiger partial charge in [0.05, 0.1) is 50.3 Å². The van der Waals surface area contributed by atoms with Crippen molar-refractivity contribution in [2.45, 2.75) is 6.92 Å². The van der Waals surface area contributed by atoms with Crippen LogP contribution in [0.1, 0.15) is 18.2 Å². The number of benzene rings is 12. The average molecular weight is 1130 g/mol. The van der Waals surface area contributed by atoms with Crippen LogP contribution in [0, 0.1) is 0 Å². The smallest absolute Gasteiger partial charge is 0.164 e. The number of nitrogens with zero attached hydrogens (tertiary/aromatic N) is 6. The highest BCUT2D eigenvalue weighted by Crippen LogP contribution is 2.49. The monoisotopic (exact) mass is 1120 g/mol. The Labute approximate surface area is 510 Å². The van der Waals surface area contributed by atoms with Crippen LogP contribution in [0.15, 0.2) is 304 Å². The quantitative estimate of drug-likeness (QED) is 0.122. The van der Waals surface area contributed by atoms with Gasteiger partial charge in [-0.25, -0.2) is 15.0 Å². The van der Waals surface area contributed by atoms with Crippen molar-refractivity contribution in [1.82, 2.24) is 28.7 Å². The molecule has 88 heavy (non-hydrogen) atoms. The Morgan fingerprint density at radius 2 is 0.636 bits per heavy atom. The van der Waals surface area contributed by atoms with Gasteiger partial charge in [0.15, 0.2) is 17.5 Å². The normalized spacial score (nSPS) is 11.7. The molecule has 0 bridgehead atoms. The molecule has 0 aliphatic heterocycles. The van der Waals surface area contributed by atoms with Gasteiger partial charge in [-0.3, -0.25) is 0 Å². The lowest BCUT2D eigenvalue weighted by atomic mass is 9.92. The van der Waals surface area contributed by atoms with Gasteiger partial charge in [-0.05, 0) is 89.9 Å². The fraction of sp³-hybridized carbons (Fsp3) is 0.0122. The molecule has 0 aliphatic carbocycles. The molecule has 0 atom stereocenters. The highest BCUT2D eigenvalue weighted by Gasteiger charge is 2.28. The third-order valence-corrected chi connectivity index (χ3v) is 17.2. The van der Waals surface area contributed by atoms with Gasteiger partial charge in [0.2, 0.25) is 0 Å². The summed E-state index contributed by atoms with van der Waals surface area (Å²) >= 11 is 0. The van der Waals surface area contributed by atoms with Crippen LogP contribution in [-0.4, -0.2) is 28.7 Å². The van der Waals surface area contributed by atoms with E-state index in [4.69, 9.17) is 15.0 Å². The number of hydrogen-bond acceptors (Lipinski definition) is 3. The lowest BCUT2D eigenvalue weighted by Gasteiger charge is -2.22. The maximum Gasteiger partial charge on any atom is 0.164 e. The summed E-state index contributed by atoms with van der Waals surface area (Å²) in [6.45, 7) is 6.61. The Morgan fingerprint density at radius 3 is 1.05 bits per heavy atom. The number of rotatable bonds is 12. The maximum absolute atomic E-state index is 5.38. The van der Waals surface area contributed by atoms with E-state index in [-0.39, 0.29) is 0 Å². The van der Waals surface area contributed by atoms with Crippen molar-refractivity contribution in [3.8, 4) is 95.7 Å². The standard InChI is InChI=1S/C82H56N6/c1-3-29-61-62-42-23-26-45-72(62)86(71(61)4-2)75-52-77-69(50-65(75)54-30-11-5-12-31-54)70-51-66(55-32-13-6-14-33-55)76(87-73-46-27-24-43-63(73)64-44-25-28-47-74(64)87)53-78(70)88(77)79-67(56-34-15-7-16-35-56)48-60(49-68(79)57-36-17-8-18-37-57)82-84-80(58-38-19-9-20-39-58)83-81(85-82)59-40-21-10-22-41-59/h3-53H,2H2,1H3/b29-3-. The molecule has 16 rings (SSSR count). The summed E-state index contributed by atoms with van der Waals surface area (Å²) in [5, 5.41) is 5.75. The predicted molar refractivity (Wildman–Crippen MR) is 368 cm³/mol. The molecule has 0 spiro atoms. The van der Waals surface area contributed by atoms with Crippen LogP contribution < -0.4 is 0 Å². The number of hydrogen-bond donors (Lipinski definition) is 0. The van der Waals surface area contributed by atoms with E-state index >= 15 is 0 Å². The van der Waals surface area contributed by atoms with Gasteiger partial charge in [0.1, 0.15) is 0 Å². The molecule has 0 fully saturated rings. The fourth-order valence-corrected chi connectivity index (χ4v) is 13.3. The first-order valence-corrected chi connectivity index (χ1v) is 29.9. The number of allylic oxidation sites excluding steroid dienone is 1. The molecule has 0 radical (unpaired) electrons. The Bertz CT molecular complexity index is 5200. The minimum absolute atomic E-state index is 0.570. The van der Waals surface area contributed by atoms with Gasteiger partial charge < -0.3 is 13.7 Å². The molecule has 16 aromatic rings. The van der Waals surface area contributed by atoms with Crippen LogP contribution in [0.3, 0.4) is 0 Å². The highest BCUT2D eigenvalue weighted by molar-refractivity contribution is 6.17. The number of aromatic nitrogens is 6. The summed E-state index contributed by atoms with van der Waals surface area (Å²) in [6, 6.07) is 105. The zero-order valence-electron chi connectivity index (χ0n) is 48.3. The molecule has 0 amide bonds. The molecule has 4 heterocycles. The van der Waals surface area contributed by atoms with Crippen molar-refractivity contribution >= 4 is 66.7 Å². The van der Waals surface area contributed by atoms with Gasteiger partial charge in [-0.1, -0.05) is 255 Å². The molecule has 0 N–H and O–H groups in total. The van der Waals surface area contributed by atoms with Gasteiger partial charge in [0.25, 0.3) is 0 Å². The van der Waals surface area contributed by atoms with E-state index in [0.717, 1.165) is 133 Å². The highest BCUT2D eigenvalue weighted by atomic mass is 15.1. The van der Waals surface area contributed by atoms with Gasteiger partial charge in [-0.2, -0.15) is 0 Å². The molecule has 0 unspecified atom stereocenters. The molecule has 414 valence electrons. The summed E-state index contributed by atoms with van der Waals surface area (Å²) in [7, 11) is 0. The molecular weight excluding hydrogens is 1070 g/mol. The van der Waals surface area contributed by atoms with E-state index in [9.17, 15) is 0 Å². The van der Waals surface area contributed by atoms with E-state index < -0.39 is 0 Å². The number of para-hydroxylation sites is 3. The van der Waals surface area contributed by atoms with Gasteiger partial charge in [-0.15, -0.1) is 0 Å². The summed E-state index contributed by atoms with van der Waals surface area (Å²) in [4.78, 5) is 15.9. The first kappa shape index (κ1) is 51.9. The summed E-state index contributed by atoms with van der Waals surface area (Å²) in [5.41, 5.74) is 21.9. The summed E-state index contributed by atoms with van der Waals surface area (Å²) in [6.07, 6.45) is 6.35. The lowest BCUT2D eigenvalue weighted by molar-refractivity contribution is 1.07. The van der Waals surface area contributed by atoms with Crippen LogP contribution in [0.4, 0.5) is 0 Å². The van der Waals surface area contributed by atoms with Crippen molar-refractivity contribution in [2.75, 3.05) is 0 Å². The molecule has 4 aromatic heterocycles. The first-order valence-electron chi connectivity index (χ1n) is 29.9. The van der Waals surface area contributed by atoms with E-state index in [1.54, 1.807) is 0 Å². The summed E-state index contributed by atoms with van der Waals surface area (Å²) < 4.78 is 7.47. The Hall–Kier alpha value is -11.7. The van der Waals surface area contributed by atoms with Gasteiger partial charge in [0, 0.05) is 71.4 Å². The zero-order chi connectivity index (χ0) is 58.7. The minimum atomic E-state index is 0.570. The molecule has 0 saturated carbocycles. The fourth-order valence-electron chi connectivity index (χ4n) is 13.3. The van der Waals surface area contributed by atoms with Gasteiger partial charge >= 0.3 is 0 Å². The van der Waals surface area contributed by atoms with Crippen molar-refractivity contribution in [1.29, 1.82) is 0 Å². The minimum Gasteiger partial charge on any atom is -0.309 e. The molecule has 6 nitrogen and oxygen atoms in total. The lowest BCUT2D eigenvalue weighted by Crippen LogP contribution is -2.05. The zero-order valence-corrected chi connectivity index (χ0v) is 48.3. The largest absolute Gasteiger partial charge is 0.309 e. The first-order chi connectivity index (χ1) is 43.6. The van der Waals surface area contributed by atoms with Crippen LogP contribution in [0.5, 0.6) is 0 Å². The van der Waals surface area contributed by atoms with Crippen molar-refractivity contribution in [2.24, 2.45) is 0 Å². The van der Waals surface area contributed by atoms with Crippen molar-refractivity contribution < 1.29 is 0 Å². The van der Waals surface area contributed by atoms with E-state index in [0.29, 0.717) is 17.5 Å². The number of fused-ring (bicyclic) bond motifs is 7. The summed E-state index contributed by atoms with van der Waals surface area (Å²) in [5.74, 6) is 1.77. The average Bonchev–Trinajstić information content (AvgIpc) is 1.59. The van der Waals surface area contributed by atoms with Crippen molar-refractivity contribution in [3.05, 3.63) is 315 Å². The molecule has 6 heteroatoms. The van der Waals surface area contributed by atoms with Crippen molar-refractivity contribution in [3.63, 3.8) is 0 Å². The maximum atomic E-state index is 5.38. The van der Waals surface area contributed by atoms with E-state index in [2.05, 4.69) is 294 Å². The third-order valence-electron chi connectivity index (χ3n) is 17.2. The second kappa shape index (κ2) is 21.7. The van der Waals surface area contributed by atoms with E-state index in [1.807, 2.05) is 42.5 Å². The SMILES string of the molecule is C=Cc1c(/C=C\C)c2ccccc2n1-c1cc2c(cc1-c1ccccc1)c1cc(-c3ccccc3)c(-n3c4ccccc4c4ccccc43)cc1n2-c1c(-c2ccccc2)cc(-c2nc(-c3ccccc3)nc(-c3ccccc3)n2)cc1-c1ccccc1. The topological polar surface area (TPSA) is 53.5 Å². The van der Waals surface area contributed by atoms with Crippen LogP contribution in [0.25, 0.3) is 162 Å². The second-order valence-electron chi connectivity index (χ2n) is 22.3. The Balaban J connectivity index is 1.11. The molecule has 0 saturated heterocycles. The second-order valence-corrected chi connectivity index (χ2v) is 22.3. The Kier molecular flexibility index (Phi) is 12.8. The van der Waals surface area contributed by atoms with Crippen LogP contribution in [-0.2, 0) is 0 Å². The van der Waals surface area contributed by atoms with Crippen LogP contribution in [0.2, 0.25) is 0 Å². The molecule has 0 aliphatic rings. The Morgan fingerprint density at radius 1 is 0.295 bits per heavy atom. The van der Waals surface area contributed by atoms with Crippen LogP contribution >= 0.6 is 0 Å². The third kappa shape index (κ3) is 8.68. The molecule has 12 aromatic carbocycles. The van der Waals surface area contributed by atoms with E-state index in [1.165, 1.54) is 10.8 Å². The molecular formula is C82H56N6.